The van der Waals surface area contributed by atoms with Gasteiger partial charge in [0.25, 0.3) is 0 Å². The van der Waals surface area contributed by atoms with Gasteiger partial charge in [-0.2, -0.15) is 0 Å². The third-order valence-corrected chi connectivity index (χ3v) is 1.64. The zero-order valence-corrected chi connectivity index (χ0v) is 8.10. The Morgan fingerprint density at radius 2 is 1.92 bits per heavy atom. The lowest BCUT2D eigenvalue weighted by Gasteiger charge is -2.05. The predicted octanol–water partition coefficient (Wildman–Crippen LogP) is 2.27. The minimum absolute atomic E-state index is 0.400. The van der Waals surface area contributed by atoms with Crippen molar-refractivity contribution in [3.8, 4) is 0 Å². The molecule has 0 bridgehead atoms. The smallest absolute Gasteiger partial charge is 0.181 e. The normalized spacial score (nSPS) is 12.1. The standard InChI is InChI=1S/C11H15NO/c1-10(2)8-12(13)9-11-6-4-3-5-7-11/h3-7,9-10H,8H2,1-2H3. The molecule has 13 heavy (non-hydrogen) atoms. The molecule has 1 aromatic rings. The van der Waals surface area contributed by atoms with Crippen molar-refractivity contribution in [1.29, 1.82) is 0 Å². The van der Waals surface area contributed by atoms with E-state index in [0.29, 0.717) is 12.5 Å². The van der Waals surface area contributed by atoms with Crippen LogP contribution in [0.2, 0.25) is 0 Å². The van der Waals surface area contributed by atoms with Gasteiger partial charge in [-0.15, -0.1) is 0 Å². The van der Waals surface area contributed by atoms with E-state index in [-0.39, 0.29) is 0 Å². The molecule has 70 valence electrons. The highest BCUT2D eigenvalue weighted by atomic mass is 16.5. The molecular formula is C11H15NO. The molecular weight excluding hydrogens is 162 g/mol. The Balaban J connectivity index is 2.66. The van der Waals surface area contributed by atoms with Gasteiger partial charge in [0.2, 0.25) is 0 Å². The van der Waals surface area contributed by atoms with Gasteiger partial charge in [0.15, 0.2) is 12.8 Å². The third-order valence-electron chi connectivity index (χ3n) is 1.64. The van der Waals surface area contributed by atoms with Gasteiger partial charge in [-0.3, -0.25) is 0 Å². The monoisotopic (exact) mass is 177 g/mol. The lowest BCUT2D eigenvalue weighted by atomic mass is 10.2. The van der Waals surface area contributed by atoms with E-state index in [4.69, 9.17) is 0 Å². The van der Waals surface area contributed by atoms with Gasteiger partial charge in [0.05, 0.1) is 0 Å². The molecule has 0 heterocycles. The van der Waals surface area contributed by atoms with Crippen molar-refractivity contribution in [2.75, 3.05) is 6.54 Å². The largest absolute Gasteiger partial charge is 0.624 e. The summed E-state index contributed by atoms with van der Waals surface area (Å²) in [7, 11) is 0. The molecule has 0 aliphatic carbocycles. The van der Waals surface area contributed by atoms with Crippen molar-refractivity contribution in [2.45, 2.75) is 13.8 Å². The second kappa shape index (κ2) is 4.65. The van der Waals surface area contributed by atoms with Gasteiger partial charge in [-0.1, -0.05) is 32.0 Å². The molecule has 0 fully saturated rings. The van der Waals surface area contributed by atoms with Crippen LogP contribution in [0.25, 0.3) is 0 Å². The molecule has 0 amide bonds. The summed E-state index contributed by atoms with van der Waals surface area (Å²) in [5.74, 6) is 0.400. The average molecular weight is 177 g/mol. The van der Waals surface area contributed by atoms with Crippen LogP contribution in [0.1, 0.15) is 19.4 Å². The van der Waals surface area contributed by atoms with E-state index in [1.807, 2.05) is 44.2 Å². The zero-order valence-electron chi connectivity index (χ0n) is 8.10. The average Bonchev–Trinajstić information content (AvgIpc) is 2.04. The number of hydroxylamine groups is 1. The second-order valence-corrected chi connectivity index (χ2v) is 3.53. The molecule has 0 aliphatic rings. The molecule has 0 unspecified atom stereocenters. The molecule has 0 aliphatic heterocycles. The van der Waals surface area contributed by atoms with Crippen LogP contribution in [-0.2, 0) is 0 Å². The quantitative estimate of drug-likeness (QED) is 0.301. The van der Waals surface area contributed by atoms with Crippen LogP contribution in [0.4, 0.5) is 0 Å². The Morgan fingerprint density at radius 3 is 2.46 bits per heavy atom. The van der Waals surface area contributed by atoms with Gasteiger partial charge in [0, 0.05) is 11.5 Å². The lowest BCUT2D eigenvalue weighted by molar-refractivity contribution is -0.459. The van der Waals surface area contributed by atoms with E-state index in [1.54, 1.807) is 6.21 Å². The van der Waals surface area contributed by atoms with Crippen LogP contribution < -0.4 is 0 Å². The maximum Gasteiger partial charge on any atom is 0.181 e. The Kier molecular flexibility index (Phi) is 3.50. The van der Waals surface area contributed by atoms with Crippen LogP contribution in [0, 0.1) is 11.1 Å². The summed E-state index contributed by atoms with van der Waals surface area (Å²) in [5, 5.41) is 11.3. The Labute approximate surface area is 79.1 Å². The van der Waals surface area contributed by atoms with E-state index in [0.717, 1.165) is 10.3 Å². The second-order valence-electron chi connectivity index (χ2n) is 3.53. The Morgan fingerprint density at radius 1 is 1.31 bits per heavy atom. The van der Waals surface area contributed by atoms with Crippen molar-refractivity contribution in [3.05, 3.63) is 41.1 Å². The number of nitrogens with zero attached hydrogens (tertiary/aromatic N) is 1. The first kappa shape index (κ1) is 9.78. The highest BCUT2D eigenvalue weighted by molar-refractivity contribution is 5.75. The number of hydrogen-bond donors (Lipinski definition) is 0. The molecule has 0 atom stereocenters. The topological polar surface area (TPSA) is 26.1 Å². The van der Waals surface area contributed by atoms with Crippen LogP contribution in [0.3, 0.4) is 0 Å². The molecule has 0 N–H and O–H groups in total. The minimum atomic E-state index is 0.400. The van der Waals surface area contributed by atoms with Crippen molar-refractivity contribution < 1.29 is 4.74 Å². The van der Waals surface area contributed by atoms with Crippen LogP contribution in [0.15, 0.2) is 30.3 Å². The van der Waals surface area contributed by atoms with Gasteiger partial charge in [-0.05, 0) is 12.1 Å². The zero-order chi connectivity index (χ0) is 9.68. The first-order valence-corrected chi connectivity index (χ1v) is 4.52. The van der Waals surface area contributed by atoms with Crippen molar-refractivity contribution in [3.63, 3.8) is 0 Å². The lowest BCUT2D eigenvalue weighted by Crippen LogP contribution is -2.12. The summed E-state index contributed by atoms with van der Waals surface area (Å²) < 4.78 is 0.986. The molecule has 0 saturated carbocycles. The first-order chi connectivity index (χ1) is 6.18. The minimum Gasteiger partial charge on any atom is -0.624 e. The van der Waals surface area contributed by atoms with E-state index >= 15 is 0 Å². The number of hydrogen-bond acceptors (Lipinski definition) is 1. The fourth-order valence-corrected chi connectivity index (χ4v) is 1.12. The van der Waals surface area contributed by atoms with Crippen molar-refractivity contribution >= 4 is 6.21 Å². The third kappa shape index (κ3) is 3.74. The van der Waals surface area contributed by atoms with Gasteiger partial charge < -0.3 is 5.21 Å². The highest BCUT2D eigenvalue weighted by Gasteiger charge is 1.99. The van der Waals surface area contributed by atoms with Crippen molar-refractivity contribution in [1.82, 2.24) is 0 Å². The van der Waals surface area contributed by atoms with Crippen LogP contribution in [-0.4, -0.2) is 17.5 Å². The summed E-state index contributed by atoms with van der Waals surface area (Å²) in [6, 6.07) is 9.63. The van der Waals surface area contributed by atoms with Crippen LogP contribution in [0.5, 0.6) is 0 Å². The number of benzene rings is 1. The van der Waals surface area contributed by atoms with E-state index in [1.165, 1.54) is 0 Å². The number of rotatable bonds is 3. The predicted molar refractivity (Wildman–Crippen MR) is 54.9 cm³/mol. The summed E-state index contributed by atoms with van der Waals surface area (Å²) in [4.78, 5) is 0. The SMILES string of the molecule is CC(C)C[N+]([O-])=Cc1ccccc1. The van der Waals surface area contributed by atoms with Gasteiger partial charge >= 0.3 is 0 Å². The van der Waals surface area contributed by atoms with E-state index in [2.05, 4.69) is 0 Å². The molecule has 0 spiro atoms. The molecule has 0 radical (unpaired) electrons. The van der Waals surface area contributed by atoms with Crippen molar-refractivity contribution in [2.24, 2.45) is 5.92 Å². The molecule has 2 nitrogen and oxygen atoms in total. The maximum atomic E-state index is 11.3. The highest BCUT2D eigenvalue weighted by Crippen LogP contribution is 1.96. The Hall–Kier alpha value is -1.31. The molecule has 1 rings (SSSR count). The van der Waals surface area contributed by atoms with Gasteiger partial charge in [0.1, 0.15) is 0 Å². The molecule has 0 saturated heterocycles. The fourth-order valence-electron chi connectivity index (χ4n) is 1.12. The summed E-state index contributed by atoms with van der Waals surface area (Å²) >= 11 is 0. The van der Waals surface area contributed by atoms with Gasteiger partial charge in [-0.25, -0.2) is 4.74 Å². The first-order valence-electron chi connectivity index (χ1n) is 4.52. The van der Waals surface area contributed by atoms with Crippen LogP contribution >= 0.6 is 0 Å². The summed E-state index contributed by atoms with van der Waals surface area (Å²) in [5.41, 5.74) is 0.957. The van der Waals surface area contributed by atoms with E-state index < -0.39 is 0 Å². The molecule has 2 heteroatoms. The Bertz CT molecular complexity index is 277. The fraction of sp³-hybridized carbons (Fsp3) is 0.364. The molecule has 1 aromatic carbocycles. The summed E-state index contributed by atoms with van der Waals surface area (Å²) in [6.07, 6.45) is 1.62. The van der Waals surface area contributed by atoms with E-state index in [9.17, 15) is 5.21 Å². The summed E-state index contributed by atoms with van der Waals surface area (Å²) in [6.45, 7) is 4.61. The maximum absolute atomic E-state index is 11.3. The molecule has 0 aromatic heterocycles.